The third kappa shape index (κ3) is 12.3. The fourth-order valence-corrected chi connectivity index (χ4v) is 6.59. The standard InChI is InChI=1S/C41H48ClN7O6/c1-27-31(7-3-9-35(27)30-6-2-8-34(17-30)53-15-5-13-49-14-11-33(50)24-49)26-55-39-19-38(54-25-29-16-28(20-43)21-46-22-29)32(18-36(39)42)23-48-37(40(51)52)10-4-12-47-41(44)45/h2-3,6-9,16-19,21-22,33,37,48,50H,4-5,10-15,23-26H2,1H3,(H,51,52)(H4,44,45,47)/t33-,37+/m1/s1. The van der Waals surface area contributed by atoms with Crippen molar-refractivity contribution in [1.29, 1.82) is 5.26 Å². The van der Waals surface area contributed by atoms with Gasteiger partial charge in [-0.15, -0.1) is 0 Å². The number of carboxylic acids is 1. The van der Waals surface area contributed by atoms with E-state index in [4.69, 9.17) is 37.3 Å². The van der Waals surface area contributed by atoms with E-state index in [-0.39, 0.29) is 31.8 Å². The molecular formula is C41H48ClN7O6. The van der Waals surface area contributed by atoms with Crippen molar-refractivity contribution in [3.8, 4) is 34.4 Å². The van der Waals surface area contributed by atoms with Crippen molar-refractivity contribution in [3.63, 3.8) is 0 Å². The number of pyridine rings is 1. The van der Waals surface area contributed by atoms with Gasteiger partial charge in [0, 0.05) is 62.3 Å². The molecule has 1 aromatic heterocycles. The number of nitrogens with one attached hydrogen (secondary N) is 1. The highest BCUT2D eigenvalue weighted by Gasteiger charge is 2.20. The van der Waals surface area contributed by atoms with Crippen LogP contribution < -0.4 is 31.0 Å². The first-order valence-corrected chi connectivity index (χ1v) is 18.6. The summed E-state index contributed by atoms with van der Waals surface area (Å²) in [7, 11) is 0. The zero-order valence-electron chi connectivity index (χ0n) is 30.9. The van der Waals surface area contributed by atoms with E-state index in [1.54, 1.807) is 24.4 Å². The summed E-state index contributed by atoms with van der Waals surface area (Å²) in [6.45, 7) is 5.98. The number of halogens is 1. The normalized spacial score (nSPS) is 14.5. The van der Waals surface area contributed by atoms with Gasteiger partial charge in [-0.25, -0.2) is 0 Å². The number of hydrogen-bond donors (Lipinski definition) is 5. The fourth-order valence-electron chi connectivity index (χ4n) is 6.35. The minimum absolute atomic E-state index is 0.0460. The van der Waals surface area contributed by atoms with E-state index in [2.05, 4.69) is 45.3 Å². The van der Waals surface area contributed by atoms with Gasteiger partial charge in [0.15, 0.2) is 5.96 Å². The summed E-state index contributed by atoms with van der Waals surface area (Å²) in [6, 6.07) is 20.4. The lowest BCUT2D eigenvalue weighted by Gasteiger charge is -2.19. The van der Waals surface area contributed by atoms with Crippen molar-refractivity contribution >= 4 is 23.5 Å². The van der Waals surface area contributed by atoms with Crippen LogP contribution in [-0.4, -0.2) is 77.0 Å². The molecule has 14 heteroatoms. The van der Waals surface area contributed by atoms with Crippen LogP contribution in [0.15, 0.2) is 78.0 Å². The Hall–Kier alpha value is -5.39. The summed E-state index contributed by atoms with van der Waals surface area (Å²) < 4.78 is 18.6. The molecule has 3 aromatic carbocycles. The van der Waals surface area contributed by atoms with E-state index in [1.807, 2.05) is 30.3 Å². The molecule has 1 fully saturated rings. The molecule has 55 heavy (non-hydrogen) atoms. The summed E-state index contributed by atoms with van der Waals surface area (Å²) >= 11 is 6.78. The first-order valence-electron chi connectivity index (χ1n) is 18.3. The number of carboxylic acid groups (broad SMARTS) is 1. The molecule has 2 atom stereocenters. The van der Waals surface area contributed by atoms with Crippen LogP contribution in [0, 0.1) is 18.3 Å². The minimum atomic E-state index is -1.01. The molecular weight excluding hydrogens is 722 g/mol. The maximum Gasteiger partial charge on any atom is 0.320 e. The second kappa shape index (κ2) is 20.3. The van der Waals surface area contributed by atoms with Crippen molar-refractivity contribution in [3.05, 3.63) is 106 Å². The maximum atomic E-state index is 12.0. The zero-order valence-corrected chi connectivity index (χ0v) is 31.7. The molecule has 0 amide bonds. The number of likely N-dealkylation sites (tertiary alicyclic amines) is 1. The van der Waals surface area contributed by atoms with Crippen LogP contribution >= 0.6 is 11.6 Å². The molecule has 0 bridgehead atoms. The van der Waals surface area contributed by atoms with Crippen LogP contribution in [0.2, 0.25) is 5.02 Å². The Morgan fingerprint density at radius 3 is 2.65 bits per heavy atom. The second-order valence-electron chi connectivity index (χ2n) is 13.4. The van der Waals surface area contributed by atoms with Gasteiger partial charge in [0.25, 0.3) is 0 Å². The van der Waals surface area contributed by atoms with Crippen molar-refractivity contribution in [2.24, 2.45) is 16.5 Å². The Kier molecular flexibility index (Phi) is 15.1. The monoisotopic (exact) mass is 769 g/mol. The Balaban J connectivity index is 1.28. The average Bonchev–Trinajstić information content (AvgIpc) is 3.60. The maximum absolute atomic E-state index is 12.0. The number of aliphatic carboxylic acids is 1. The number of aliphatic hydroxyl groups is 1. The lowest BCUT2D eigenvalue weighted by Crippen LogP contribution is -2.36. The number of aliphatic hydroxyl groups excluding tert-OH is 1. The summed E-state index contributed by atoms with van der Waals surface area (Å²) in [5, 5.41) is 32.3. The molecule has 0 radical (unpaired) electrons. The second-order valence-corrected chi connectivity index (χ2v) is 13.9. The van der Waals surface area contributed by atoms with Crippen LogP contribution in [0.4, 0.5) is 0 Å². The SMILES string of the molecule is Cc1c(COc2cc(OCc3cncc(C#N)c3)c(CN[C@@H](CCCN=C(N)N)C(=O)O)cc2Cl)cccc1-c1cccc(OCCCN2CC[C@@H](O)C2)c1. The predicted octanol–water partition coefficient (Wildman–Crippen LogP) is 5.17. The van der Waals surface area contributed by atoms with E-state index in [1.165, 1.54) is 6.20 Å². The third-order valence-corrected chi connectivity index (χ3v) is 9.62. The minimum Gasteiger partial charge on any atom is -0.494 e. The Labute approximate surface area is 326 Å². The molecule has 1 aliphatic heterocycles. The number of guanidine groups is 1. The Bertz CT molecular complexity index is 1980. The lowest BCUT2D eigenvalue weighted by molar-refractivity contribution is -0.139. The van der Waals surface area contributed by atoms with E-state index in [9.17, 15) is 20.3 Å². The number of aromatic nitrogens is 1. The topological polar surface area (TPSA) is 202 Å². The molecule has 2 heterocycles. The number of benzene rings is 3. The van der Waals surface area contributed by atoms with Gasteiger partial charge < -0.3 is 46.1 Å². The van der Waals surface area contributed by atoms with Crippen LogP contribution in [-0.2, 0) is 24.6 Å². The van der Waals surface area contributed by atoms with Gasteiger partial charge in [0.05, 0.1) is 23.3 Å². The first kappa shape index (κ1) is 40.8. The number of aliphatic imine (C=N–C) groups is 1. The van der Waals surface area contributed by atoms with Gasteiger partial charge in [-0.3, -0.25) is 14.8 Å². The number of ether oxygens (including phenoxy) is 3. The number of β-amino-alcohol motifs (C(OH)–C–C–N with tert-alkyl or cyclic N) is 1. The van der Waals surface area contributed by atoms with Gasteiger partial charge >= 0.3 is 5.97 Å². The van der Waals surface area contributed by atoms with Gasteiger partial charge in [0.1, 0.15) is 42.6 Å². The van der Waals surface area contributed by atoms with Crippen molar-refractivity contribution < 1.29 is 29.2 Å². The molecule has 0 unspecified atom stereocenters. The van der Waals surface area contributed by atoms with Crippen molar-refractivity contribution in [1.82, 2.24) is 15.2 Å². The molecule has 0 saturated carbocycles. The van der Waals surface area contributed by atoms with E-state index in [0.29, 0.717) is 59.2 Å². The number of nitrogens with zero attached hydrogens (tertiary/aromatic N) is 4. The Morgan fingerprint density at radius 1 is 1.07 bits per heavy atom. The molecule has 290 valence electrons. The van der Waals surface area contributed by atoms with Gasteiger partial charge in [0.2, 0.25) is 0 Å². The van der Waals surface area contributed by atoms with Gasteiger partial charge in [-0.05, 0) is 79.1 Å². The van der Waals surface area contributed by atoms with E-state index in [0.717, 1.165) is 60.5 Å². The summed E-state index contributed by atoms with van der Waals surface area (Å²) in [6.07, 6.45) is 5.34. The van der Waals surface area contributed by atoms with Crippen molar-refractivity contribution in [2.45, 2.75) is 64.5 Å². The number of nitriles is 1. The Morgan fingerprint density at radius 2 is 1.89 bits per heavy atom. The van der Waals surface area contributed by atoms with Crippen molar-refractivity contribution in [2.75, 3.05) is 32.8 Å². The molecule has 13 nitrogen and oxygen atoms in total. The highest BCUT2D eigenvalue weighted by Crippen LogP contribution is 2.35. The molecule has 7 N–H and O–H groups in total. The zero-order chi connectivity index (χ0) is 39.2. The average molecular weight is 770 g/mol. The fraction of sp³-hybridized carbons (Fsp3) is 0.366. The van der Waals surface area contributed by atoms with Gasteiger partial charge in [-0.2, -0.15) is 5.26 Å². The van der Waals surface area contributed by atoms with Gasteiger partial charge in [-0.1, -0.05) is 41.9 Å². The van der Waals surface area contributed by atoms with Crippen LogP contribution in [0.1, 0.15) is 53.5 Å². The van der Waals surface area contributed by atoms with E-state index >= 15 is 0 Å². The van der Waals surface area contributed by atoms with Crippen LogP contribution in [0.5, 0.6) is 17.2 Å². The summed E-state index contributed by atoms with van der Waals surface area (Å²) in [4.78, 5) is 22.3. The molecule has 4 aromatic rings. The largest absolute Gasteiger partial charge is 0.494 e. The molecule has 1 aliphatic rings. The number of carbonyl (C=O) groups is 1. The number of nitrogens with two attached hydrogens (primary N) is 2. The predicted molar refractivity (Wildman–Crippen MR) is 211 cm³/mol. The summed E-state index contributed by atoms with van der Waals surface area (Å²) in [5.74, 6) is 0.559. The number of rotatable bonds is 20. The highest BCUT2D eigenvalue weighted by atomic mass is 35.5. The molecule has 0 aliphatic carbocycles. The van der Waals surface area contributed by atoms with Crippen LogP contribution in [0.3, 0.4) is 0 Å². The number of hydrogen-bond acceptors (Lipinski definition) is 10. The smallest absolute Gasteiger partial charge is 0.320 e. The quantitative estimate of drug-likeness (QED) is 0.0449. The molecule has 1 saturated heterocycles. The molecule has 5 rings (SSSR count). The van der Waals surface area contributed by atoms with E-state index < -0.39 is 12.0 Å². The third-order valence-electron chi connectivity index (χ3n) is 9.32. The molecule has 0 spiro atoms. The van der Waals surface area contributed by atoms with Crippen LogP contribution in [0.25, 0.3) is 11.1 Å². The summed E-state index contributed by atoms with van der Waals surface area (Å²) in [5.41, 5.74) is 16.6. The first-order chi connectivity index (χ1) is 26.6. The highest BCUT2D eigenvalue weighted by molar-refractivity contribution is 6.32. The lowest BCUT2D eigenvalue weighted by atomic mass is 9.96.